The van der Waals surface area contributed by atoms with Gasteiger partial charge < -0.3 is 10.6 Å². The predicted octanol–water partition coefficient (Wildman–Crippen LogP) is 1.66. The predicted molar refractivity (Wildman–Crippen MR) is 52.2 cm³/mol. The fraction of sp³-hybridized carbons (Fsp3) is 0. The van der Waals surface area contributed by atoms with Crippen molar-refractivity contribution in [3.8, 4) is 0 Å². The Labute approximate surface area is 76.5 Å². The molecule has 3 nitrogen and oxygen atoms in total. The van der Waals surface area contributed by atoms with Crippen LogP contribution in [0.25, 0.3) is 5.70 Å². The molecule has 0 spiro atoms. The van der Waals surface area contributed by atoms with Gasteiger partial charge in [-0.1, -0.05) is 12.1 Å². The van der Waals surface area contributed by atoms with Gasteiger partial charge in [-0.3, -0.25) is 0 Å². The van der Waals surface area contributed by atoms with Crippen LogP contribution in [-0.4, -0.2) is 0 Å². The molecular weight excluding hydrogens is 164 g/mol. The lowest BCUT2D eigenvalue weighted by atomic mass is 10.1. The molecule has 0 aromatic heterocycles. The molecule has 0 radical (unpaired) electrons. The molecular formula is C10H10N2O. The fourth-order valence-corrected chi connectivity index (χ4v) is 1.12. The van der Waals surface area contributed by atoms with Crippen molar-refractivity contribution in [2.75, 3.05) is 5.73 Å². The third-order valence-electron chi connectivity index (χ3n) is 1.80. The summed E-state index contributed by atoms with van der Waals surface area (Å²) < 4.78 is 0. The van der Waals surface area contributed by atoms with E-state index in [1.54, 1.807) is 6.26 Å². The molecule has 13 heavy (non-hydrogen) atoms. The number of hydrogen-bond acceptors (Lipinski definition) is 3. The van der Waals surface area contributed by atoms with Gasteiger partial charge in [0.2, 0.25) is 0 Å². The van der Waals surface area contributed by atoms with Gasteiger partial charge in [-0.15, -0.1) is 0 Å². The summed E-state index contributed by atoms with van der Waals surface area (Å²) in [6, 6.07) is 7.60. The molecule has 3 heteroatoms. The highest BCUT2D eigenvalue weighted by Gasteiger charge is 2.01. The largest absolute Gasteiger partial charge is 0.399 e. The second-order valence-corrected chi connectivity index (χ2v) is 2.75. The SMILES string of the molecule is Nc1ccc(C2=CC=CON2)cc1. The van der Waals surface area contributed by atoms with Crippen LogP contribution in [0.3, 0.4) is 0 Å². The van der Waals surface area contributed by atoms with Crippen molar-refractivity contribution < 1.29 is 4.84 Å². The van der Waals surface area contributed by atoms with Gasteiger partial charge in [0, 0.05) is 11.3 Å². The van der Waals surface area contributed by atoms with Crippen LogP contribution in [0.4, 0.5) is 5.69 Å². The van der Waals surface area contributed by atoms with Crippen molar-refractivity contribution in [2.45, 2.75) is 0 Å². The average molecular weight is 174 g/mol. The number of nitrogens with two attached hydrogens (primary N) is 1. The lowest BCUT2D eigenvalue weighted by Crippen LogP contribution is -2.11. The molecule has 1 aromatic rings. The van der Waals surface area contributed by atoms with Crippen LogP contribution in [-0.2, 0) is 4.84 Å². The second kappa shape index (κ2) is 3.23. The number of benzene rings is 1. The molecule has 0 saturated heterocycles. The van der Waals surface area contributed by atoms with Gasteiger partial charge in [0.25, 0.3) is 0 Å². The molecule has 0 fully saturated rings. The van der Waals surface area contributed by atoms with Crippen molar-refractivity contribution in [1.29, 1.82) is 0 Å². The molecule has 0 unspecified atom stereocenters. The molecule has 0 saturated carbocycles. The number of rotatable bonds is 1. The first-order valence-electron chi connectivity index (χ1n) is 4.01. The molecule has 0 bridgehead atoms. The topological polar surface area (TPSA) is 47.3 Å². The summed E-state index contributed by atoms with van der Waals surface area (Å²) in [4.78, 5) is 4.94. The van der Waals surface area contributed by atoms with E-state index in [1.165, 1.54) is 0 Å². The highest BCUT2D eigenvalue weighted by molar-refractivity contribution is 5.66. The Hall–Kier alpha value is -1.90. The minimum atomic E-state index is 0.761. The maximum absolute atomic E-state index is 5.57. The number of hydroxylamine groups is 1. The minimum absolute atomic E-state index is 0.761. The third kappa shape index (κ3) is 1.64. The van der Waals surface area contributed by atoms with Crippen LogP contribution < -0.4 is 11.2 Å². The van der Waals surface area contributed by atoms with E-state index in [0.717, 1.165) is 16.9 Å². The van der Waals surface area contributed by atoms with E-state index in [1.807, 2.05) is 36.4 Å². The molecule has 3 N–H and O–H groups in total. The monoisotopic (exact) mass is 174 g/mol. The van der Waals surface area contributed by atoms with Crippen LogP contribution in [0.15, 0.2) is 42.7 Å². The molecule has 0 aliphatic carbocycles. The van der Waals surface area contributed by atoms with Crippen LogP contribution in [0.5, 0.6) is 0 Å². The van der Waals surface area contributed by atoms with Crippen molar-refractivity contribution in [3.05, 3.63) is 48.2 Å². The summed E-state index contributed by atoms with van der Waals surface area (Å²) in [7, 11) is 0. The Morgan fingerprint density at radius 3 is 2.54 bits per heavy atom. The van der Waals surface area contributed by atoms with E-state index in [4.69, 9.17) is 10.6 Å². The first kappa shape index (κ1) is 7.73. The average Bonchev–Trinajstić information content (AvgIpc) is 2.20. The first-order chi connectivity index (χ1) is 6.36. The van der Waals surface area contributed by atoms with Gasteiger partial charge in [-0.05, 0) is 24.3 Å². The van der Waals surface area contributed by atoms with Crippen molar-refractivity contribution in [2.24, 2.45) is 0 Å². The highest BCUT2D eigenvalue weighted by Crippen LogP contribution is 2.15. The normalized spacial score (nSPS) is 14.3. The standard InChI is InChI=1S/C10H10N2O/c11-9-5-3-8(4-6-9)10-2-1-7-13-12-10/h1-7,12H,11H2. The van der Waals surface area contributed by atoms with Crippen molar-refractivity contribution in [1.82, 2.24) is 5.48 Å². The fourth-order valence-electron chi connectivity index (χ4n) is 1.12. The number of anilines is 1. The molecule has 66 valence electrons. The Kier molecular flexibility index (Phi) is 1.92. The van der Waals surface area contributed by atoms with Crippen LogP contribution >= 0.6 is 0 Å². The van der Waals surface area contributed by atoms with E-state index in [0.29, 0.717) is 0 Å². The van der Waals surface area contributed by atoms with Crippen LogP contribution in [0.1, 0.15) is 5.56 Å². The maximum atomic E-state index is 5.57. The Morgan fingerprint density at radius 1 is 1.15 bits per heavy atom. The number of nitrogens with one attached hydrogen (secondary N) is 1. The molecule has 2 rings (SSSR count). The zero-order valence-electron chi connectivity index (χ0n) is 7.03. The summed E-state index contributed by atoms with van der Waals surface area (Å²) in [6.07, 6.45) is 5.36. The Balaban J connectivity index is 2.30. The lowest BCUT2D eigenvalue weighted by Gasteiger charge is -2.12. The lowest BCUT2D eigenvalue weighted by molar-refractivity contribution is 0.181. The molecule has 1 aliphatic heterocycles. The first-order valence-corrected chi connectivity index (χ1v) is 4.01. The van der Waals surface area contributed by atoms with Gasteiger partial charge in [-0.25, -0.2) is 5.48 Å². The summed E-state index contributed by atoms with van der Waals surface area (Å²) in [5.41, 5.74) is 11.1. The molecule has 0 amide bonds. The van der Waals surface area contributed by atoms with Gasteiger partial charge in [0.1, 0.15) is 6.26 Å². The van der Waals surface area contributed by atoms with Crippen molar-refractivity contribution >= 4 is 11.4 Å². The van der Waals surface area contributed by atoms with E-state index < -0.39 is 0 Å². The van der Waals surface area contributed by atoms with Gasteiger partial charge in [-0.2, -0.15) is 0 Å². The quantitative estimate of drug-likeness (QED) is 0.636. The summed E-state index contributed by atoms with van der Waals surface area (Å²) in [5.74, 6) is 0. The molecule has 0 atom stereocenters. The van der Waals surface area contributed by atoms with E-state index in [2.05, 4.69) is 5.48 Å². The van der Waals surface area contributed by atoms with Crippen LogP contribution in [0.2, 0.25) is 0 Å². The second-order valence-electron chi connectivity index (χ2n) is 2.75. The minimum Gasteiger partial charge on any atom is -0.399 e. The van der Waals surface area contributed by atoms with Gasteiger partial charge in [0.05, 0.1) is 5.70 Å². The van der Waals surface area contributed by atoms with E-state index in [-0.39, 0.29) is 0 Å². The third-order valence-corrected chi connectivity index (χ3v) is 1.80. The number of hydrogen-bond donors (Lipinski definition) is 2. The zero-order valence-corrected chi connectivity index (χ0v) is 7.03. The highest BCUT2D eigenvalue weighted by atomic mass is 16.6. The summed E-state index contributed by atoms with van der Waals surface area (Å²) >= 11 is 0. The van der Waals surface area contributed by atoms with Crippen LogP contribution in [0, 0.1) is 0 Å². The maximum Gasteiger partial charge on any atom is 0.119 e. The van der Waals surface area contributed by atoms with E-state index >= 15 is 0 Å². The Morgan fingerprint density at radius 2 is 1.92 bits per heavy atom. The Bertz CT molecular complexity index is 352. The van der Waals surface area contributed by atoms with Crippen molar-refractivity contribution in [3.63, 3.8) is 0 Å². The number of nitrogen functional groups attached to an aromatic ring is 1. The number of allylic oxidation sites excluding steroid dienone is 2. The summed E-state index contributed by atoms with van der Waals surface area (Å²) in [6.45, 7) is 0. The molecule has 1 aliphatic rings. The van der Waals surface area contributed by atoms with Gasteiger partial charge in [0.15, 0.2) is 0 Å². The molecule has 1 aromatic carbocycles. The van der Waals surface area contributed by atoms with E-state index in [9.17, 15) is 0 Å². The zero-order chi connectivity index (χ0) is 9.10. The van der Waals surface area contributed by atoms with Gasteiger partial charge >= 0.3 is 0 Å². The summed E-state index contributed by atoms with van der Waals surface area (Å²) in [5, 5.41) is 0. The molecule has 1 heterocycles. The smallest absolute Gasteiger partial charge is 0.119 e.